The van der Waals surface area contributed by atoms with Crippen molar-refractivity contribution in [3.8, 4) is 6.07 Å². The zero-order chi connectivity index (χ0) is 18.5. The van der Waals surface area contributed by atoms with Crippen molar-refractivity contribution in [3.05, 3.63) is 58.4 Å². The van der Waals surface area contributed by atoms with E-state index in [1.165, 1.54) is 6.42 Å². The molecule has 1 aliphatic heterocycles. The molecule has 0 unspecified atom stereocenters. The van der Waals surface area contributed by atoms with Crippen molar-refractivity contribution < 1.29 is 4.79 Å². The number of carbonyl (C=O) groups is 1. The van der Waals surface area contributed by atoms with Gasteiger partial charge in [0.2, 0.25) is 0 Å². The molecule has 2 aromatic rings. The van der Waals surface area contributed by atoms with Gasteiger partial charge in [-0.15, -0.1) is 0 Å². The average Bonchev–Trinajstić information content (AvgIpc) is 2.66. The lowest BCUT2D eigenvalue weighted by atomic mass is 10.1. The van der Waals surface area contributed by atoms with Gasteiger partial charge >= 0.3 is 0 Å². The fourth-order valence-electron chi connectivity index (χ4n) is 3.35. The molecule has 1 fully saturated rings. The van der Waals surface area contributed by atoms with E-state index in [9.17, 15) is 10.1 Å². The van der Waals surface area contributed by atoms with Gasteiger partial charge in [-0.2, -0.15) is 5.26 Å². The molecule has 3 rings (SSSR count). The van der Waals surface area contributed by atoms with Crippen LogP contribution in [0.1, 0.15) is 52.1 Å². The predicted molar refractivity (Wildman–Crippen MR) is 102 cm³/mol. The van der Waals surface area contributed by atoms with Crippen LogP contribution in [0.3, 0.4) is 0 Å². The summed E-state index contributed by atoms with van der Waals surface area (Å²) in [7, 11) is 0. The summed E-state index contributed by atoms with van der Waals surface area (Å²) in [6.07, 6.45) is 3.41. The number of nitrogens with zero attached hydrogens (tertiary/aromatic N) is 3. The number of carbonyl (C=O) groups excluding carboxylic acids is 1. The maximum Gasteiger partial charge on any atom is 0.253 e. The van der Waals surface area contributed by atoms with E-state index in [1.807, 2.05) is 49.1 Å². The first-order chi connectivity index (χ1) is 12.6. The van der Waals surface area contributed by atoms with Gasteiger partial charge in [0.1, 0.15) is 6.07 Å². The molecule has 0 atom stereocenters. The van der Waals surface area contributed by atoms with Crippen molar-refractivity contribution in [2.24, 2.45) is 0 Å². The van der Waals surface area contributed by atoms with Gasteiger partial charge < -0.3 is 10.2 Å². The molecule has 0 spiro atoms. The first-order valence-electron chi connectivity index (χ1n) is 9.09. The van der Waals surface area contributed by atoms with E-state index < -0.39 is 0 Å². The van der Waals surface area contributed by atoms with Crippen LogP contribution in [0.2, 0.25) is 0 Å². The summed E-state index contributed by atoms with van der Waals surface area (Å²) in [5, 5.41) is 12.7. The van der Waals surface area contributed by atoms with Gasteiger partial charge in [0.05, 0.1) is 16.9 Å². The Morgan fingerprint density at radius 2 is 1.88 bits per heavy atom. The zero-order valence-corrected chi connectivity index (χ0v) is 15.4. The second kappa shape index (κ2) is 8.01. The number of anilines is 1. The minimum absolute atomic E-state index is 0.122. The van der Waals surface area contributed by atoms with E-state index in [4.69, 9.17) is 0 Å². The summed E-state index contributed by atoms with van der Waals surface area (Å²) in [5.41, 5.74) is 4.79. The molecule has 0 bridgehead atoms. The summed E-state index contributed by atoms with van der Waals surface area (Å²) in [4.78, 5) is 18.8. The molecule has 0 saturated carbocycles. The van der Waals surface area contributed by atoms with Gasteiger partial charge in [0.25, 0.3) is 5.91 Å². The molecule has 5 nitrogen and oxygen atoms in total. The number of aryl methyl sites for hydroxylation is 2. The molecule has 134 valence electrons. The monoisotopic (exact) mass is 348 g/mol. The molecule has 1 aromatic carbocycles. The second-order valence-electron chi connectivity index (χ2n) is 6.79. The summed E-state index contributed by atoms with van der Waals surface area (Å²) in [6, 6.07) is 11.8. The first-order valence-corrected chi connectivity index (χ1v) is 9.09. The Morgan fingerprint density at radius 3 is 2.54 bits per heavy atom. The van der Waals surface area contributed by atoms with Gasteiger partial charge in [0, 0.05) is 30.9 Å². The number of rotatable bonds is 4. The molecule has 0 aliphatic carbocycles. The minimum Gasteiger partial charge on any atom is -0.380 e. The van der Waals surface area contributed by atoms with Gasteiger partial charge in [0.15, 0.2) is 0 Å². The number of amides is 1. The van der Waals surface area contributed by atoms with Crippen LogP contribution < -0.4 is 5.32 Å². The van der Waals surface area contributed by atoms with E-state index >= 15 is 0 Å². The van der Waals surface area contributed by atoms with Gasteiger partial charge in [-0.05, 0) is 56.9 Å². The number of hydrogen-bond acceptors (Lipinski definition) is 4. The Hall–Kier alpha value is -2.87. The topological polar surface area (TPSA) is 69.0 Å². The standard InChI is InChI=1S/C21H24N4O/c1-15-12-20(19(13-22)16(2)24-15)23-14-17-6-8-18(9-7-17)21(26)25-10-4-3-5-11-25/h6-9,12H,3-5,10-11,14H2,1-2H3,(H,23,24). The number of pyridine rings is 1. The number of piperidine rings is 1. The Labute approximate surface area is 154 Å². The van der Waals surface area contributed by atoms with Crippen molar-refractivity contribution in [2.75, 3.05) is 18.4 Å². The molecular formula is C21H24N4O. The molecule has 2 heterocycles. The second-order valence-corrected chi connectivity index (χ2v) is 6.79. The number of nitrogens with one attached hydrogen (secondary N) is 1. The third-order valence-electron chi connectivity index (χ3n) is 4.77. The van der Waals surface area contributed by atoms with Crippen molar-refractivity contribution in [3.63, 3.8) is 0 Å². The van der Waals surface area contributed by atoms with Crippen LogP contribution in [-0.4, -0.2) is 28.9 Å². The largest absolute Gasteiger partial charge is 0.380 e. The molecule has 26 heavy (non-hydrogen) atoms. The van der Waals surface area contributed by atoms with Gasteiger partial charge in [-0.1, -0.05) is 12.1 Å². The third kappa shape index (κ3) is 4.02. The predicted octanol–water partition coefficient (Wildman–Crippen LogP) is 3.81. The van der Waals surface area contributed by atoms with Crippen LogP contribution in [0.15, 0.2) is 30.3 Å². The van der Waals surface area contributed by atoms with Crippen molar-refractivity contribution in [2.45, 2.75) is 39.7 Å². The van der Waals surface area contributed by atoms with Crippen molar-refractivity contribution >= 4 is 11.6 Å². The molecule has 1 aliphatic rings. The van der Waals surface area contributed by atoms with Crippen molar-refractivity contribution in [1.29, 1.82) is 5.26 Å². The summed E-state index contributed by atoms with van der Waals surface area (Å²) in [5.74, 6) is 0.122. The Kier molecular flexibility index (Phi) is 5.52. The minimum atomic E-state index is 0.122. The van der Waals surface area contributed by atoms with Crippen LogP contribution in [0.25, 0.3) is 0 Å². The maximum atomic E-state index is 12.5. The van der Waals surface area contributed by atoms with E-state index in [0.29, 0.717) is 12.1 Å². The van der Waals surface area contributed by atoms with E-state index in [-0.39, 0.29) is 5.91 Å². The van der Waals surface area contributed by atoms with Gasteiger partial charge in [-0.3, -0.25) is 9.78 Å². The lowest BCUT2D eigenvalue weighted by molar-refractivity contribution is 0.0724. The highest BCUT2D eigenvalue weighted by Gasteiger charge is 2.17. The van der Waals surface area contributed by atoms with Crippen LogP contribution in [0.4, 0.5) is 5.69 Å². The maximum absolute atomic E-state index is 12.5. The summed E-state index contributed by atoms with van der Waals surface area (Å²) >= 11 is 0. The van der Waals surface area contributed by atoms with Crippen LogP contribution in [0.5, 0.6) is 0 Å². The lowest BCUT2D eigenvalue weighted by Crippen LogP contribution is -2.35. The zero-order valence-electron chi connectivity index (χ0n) is 15.4. The normalized spacial score (nSPS) is 14.0. The molecule has 1 N–H and O–H groups in total. The summed E-state index contributed by atoms with van der Waals surface area (Å²) in [6.45, 7) is 6.08. The molecule has 1 aromatic heterocycles. The first kappa shape index (κ1) is 17.9. The fourth-order valence-corrected chi connectivity index (χ4v) is 3.35. The SMILES string of the molecule is Cc1cc(NCc2ccc(C(=O)N3CCCCC3)cc2)c(C#N)c(C)n1. The Morgan fingerprint density at radius 1 is 1.19 bits per heavy atom. The fraction of sp³-hybridized carbons (Fsp3) is 0.381. The van der Waals surface area contributed by atoms with E-state index in [1.54, 1.807) is 0 Å². The molecule has 1 amide bonds. The highest BCUT2D eigenvalue weighted by Crippen LogP contribution is 2.20. The summed E-state index contributed by atoms with van der Waals surface area (Å²) < 4.78 is 0. The Balaban J connectivity index is 1.67. The number of hydrogen-bond donors (Lipinski definition) is 1. The number of nitriles is 1. The quantitative estimate of drug-likeness (QED) is 0.912. The third-order valence-corrected chi connectivity index (χ3v) is 4.77. The Bertz CT molecular complexity index is 830. The van der Waals surface area contributed by atoms with E-state index in [2.05, 4.69) is 16.4 Å². The molecule has 1 saturated heterocycles. The van der Waals surface area contributed by atoms with E-state index in [0.717, 1.165) is 54.1 Å². The number of benzene rings is 1. The molecular weight excluding hydrogens is 324 g/mol. The lowest BCUT2D eigenvalue weighted by Gasteiger charge is -2.26. The van der Waals surface area contributed by atoms with Gasteiger partial charge in [-0.25, -0.2) is 0 Å². The van der Waals surface area contributed by atoms with Crippen LogP contribution >= 0.6 is 0 Å². The molecule has 5 heteroatoms. The smallest absolute Gasteiger partial charge is 0.253 e. The van der Waals surface area contributed by atoms with Crippen LogP contribution in [0, 0.1) is 25.2 Å². The van der Waals surface area contributed by atoms with Crippen LogP contribution in [-0.2, 0) is 6.54 Å². The molecule has 0 radical (unpaired) electrons. The van der Waals surface area contributed by atoms with Crippen molar-refractivity contribution in [1.82, 2.24) is 9.88 Å². The highest BCUT2D eigenvalue weighted by atomic mass is 16.2. The number of likely N-dealkylation sites (tertiary alicyclic amines) is 1. The average molecular weight is 348 g/mol. The highest BCUT2D eigenvalue weighted by molar-refractivity contribution is 5.94. The number of aromatic nitrogens is 1.